The minimum atomic E-state index is 0.0391. The minimum Gasteiger partial charge on any atom is -0.352 e. The molecule has 0 saturated heterocycles. The smallest absolute Gasteiger partial charge is 0.227 e. The van der Waals surface area contributed by atoms with Gasteiger partial charge < -0.3 is 10.3 Å². The van der Waals surface area contributed by atoms with Gasteiger partial charge in [0.05, 0.1) is 45.4 Å². The standard InChI is InChI=1S/C28H21N7O2S/c1-14(36)24-6-7-25(38-24)19-12-30-13-23-18(19)9-22(32-23)27-26-21(34-35-27)5-4-20(33-26)16-8-17(11-29-10-16)31-28(37)15-2-3-15/h4-13,15,32H,2-3H2,1H3,(H,31,37)(H,34,35). The first-order chi connectivity index (χ1) is 18.5. The summed E-state index contributed by atoms with van der Waals surface area (Å²) in [5.74, 6) is 0.203. The Labute approximate surface area is 220 Å². The first-order valence-electron chi connectivity index (χ1n) is 12.2. The Balaban J connectivity index is 1.27. The zero-order valence-electron chi connectivity index (χ0n) is 20.3. The number of nitrogens with zero attached hydrogens (tertiary/aromatic N) is 4. The highest BCUT2D eigenvalue weighted by Gasteiger charge is 2.29. The number of carbonyl (C=O) groups is 2. The van der Waals surface area contributed by atoms with E-state index in [0.29, 0.717) is 21.8 Å². The molecule has 7 rings (SSSR count). The van der Waals surface area contributed by atoms with Gasteiger partial charge in [0.25, 0.3) is 0 Å². The van der Waals surface area contributed by atoms with Crippen LogP contribution in [0.5, 0.6) is 0 Å². The number of ketones is 1. The third-order valence-electron chi connectivity index (χ3n) is 6.68. The Morgan fingerprint density at radius 3 is 2.68 bits per heavy atom. The third kappa shape index (κ3) is 3.95. The van der Waals surface area contributed by atoms with Gasteiger partial charge in [-0.25, -0.2) is 4.98 Å². The molecule has 0 radical (unpaired) electrons. The average molecular weight is 520 g/mol. The Hall–Kier alpha value is -4.70. The van der Waals surface area contributed by atoms with Crippen molar-refractivity contribution in [2.45, 2.75) is 19.8 Å². The summed E-state index contributed by atoms with van der Waals surface area (Å²) in [6.07, 6.45) is 8.86. The number of fused-ring (bicyclic) bond motifs is 2. The fourth-order valence-corrected chi connectivity index (χ4v) is 5.46. The molecule has 3 N–H and O–H groups in total. The van der Waals surface area contributed by atoms with Crippen LogP contribution in [0.2, 0.25) is 0 Å². The quantitative estimate of drug-likeness (QED) is 0.237. The van der Waals surface area contributed by atoms with Crippen molar-refractivity contribution in [2.24, 2.45) is 5.92 Å². The van der Waals surface area contributed by atoms with Crippen LogP contribution in [-0.4, -0.2) is 41.8 Å². The molecule has 1 aliphatic rings. The molecule has 0 aliphatic heterocycles. The Morgan fingerprint density at radius 1 is 1.00 bits per heavy atom. The number of aromatic nitrogens is 6. The summed E-state index contributed by atoms with van der Waals surface area (Å²) in [6, 6.07) is 11.6. The van der Waals surface area contributed by atoms with Gasteiger partial charge in [0.1, 0.15) is 11.2 Å². The van der Waals surface area contributed by atoms with Crippen molar-refractivity contribution in [1.29, 1.82) is 0 Å². The van der Waals surface area contributed by atoms with Gasteiger partial charge in [0, 0.05) is 39.7 Å². The number of Topliss-reactive ketones (excluding diaryl/α,β-unsaturated/α-hetero) is 1. The van der Waals surface area contributed by atoms with Gasteiger partial charge in [-0.15, -0.1) is 11.3 Å². The lowest BCUT2D eigenvalue weighted by molar-refractivity contribution is -0.117. The summed E-state index contributed by atoms with van der Waals surface area (Å²) in [4.78, 5) is 42.8. The first kappa shape index (κ1) is 22.5. The minimum absolute atomic E-state index is 0.0391. The predicted molar refractivity (Wildman–Crippen MR) is 147 cm³/mol. The van der Waals surface area contributed by atoms with Gasteiger partial charge in [-0.1, -0.05) is 0 Å². The molecule has 10 heteroatoms. The molecule has 0 bridgehead atoms. The van der Waals surface area contributed by atoms with Crippen molar-refractivity contribution >= 4 is 50.7 Å². The van der Waals surface area contributed by atoms with Crippen molar-refractivity contribution in [3.05, 3.63) is 66.1 Å². The molecule has 1 saturated carbocycles. The molecular weight excluding hydrogens is 498 g/mol. The van der Waals surface area contributed by atoms with Crippen LogP contribution in [0, 0.1) is 5.92 Å². The van der Waals surface area contributed by atoms with Crippen LogP contribution in [0.3, 0.4) is 0 Å². The van der Waals surface area contributed by atoms with Crippen LogP contribution < -0.4 is 5.32 Å². The number of carbonyl (C=O) groups excluding carboxylic acids is 2. The van der Waals surface area contributed by atoms with Crippen molar-refractivity contribution < 1.29 is 9.59 Å². The molecule has 38 heavy (non-hydrogen) atoms. The molecule has 1 amide bonds. The number of anilines is 1. The second-order valence-electron chi connectivity index (χ2n) is 9.44. The summed E-state index contributed by atoms with van der Waals surface area (Å²) < 4.78 is 0. The van der Waals surface area contributed by atoms with E-state index in [0.717, 1.165) is 56.7 Å². The lowest BCUT2D eigenvalue weighted by atomic mass is 10.1. The highest BCUT2D eigenvalue weighted by Crippen LogP contribution is 2.36. The number of amides is 1. The van der Waals surface area contributed by atoms with Crippen molar-refractivity contribution in [2.75, 3.05) is 5.32 Å². The second-order valence-corrected chi connectivity index (χ2v) is 10.5. The maximum Gasteiger partial charge on any atom is 0.227 e. The van der Waals surface area contributed by atoms with Crippen molar-refractivity contribution in [3.8, 4) is 33.1 Å². The van der Waals surface area contributed by atoms with Gasteiger partial charge in [0.15, 0.2) is 5.78 Å². The molecule has 6 heterocycles. The largest absolute Gasteiger partial charge is 0.352 e. The molecule has 0 aromatic carbocycles. The first-order valence-corrected chi connectivity index (χ1v) is 13.0. The topological polar surface area (TPSA) is 129 Å². The average Bonchev–Trinajstić information content (AvgIpc) is 3.32. The van der Waals surface area contributed by atoms with E-state index in [9.17, 15) is 9.59 Å². The molecule has 1 fully saturated rings. The van der Waals surface area contributed by atoms with E-state index in [4.69, 9.17) is 4.98 Å². The van der Waals surface area contributed by atoms with Crippen molar-refractivity contribution in [1.82, 2.24) is 30.1 Å². The fraction of sp³-hybridized carbons (Fsp3) is 0.143. The number of hydrogen-bond acceptors (Lipinski definition) is 7. The molecular formula is C28H21N7O2S. The van der Waals surface area contributed by atoms with E-state index in [2.05, 4.69) is 30.5 Å². The number of aromatic amines is 2. The van der Waals surface area contributed by atoms with Gasteiger partial charge in [-0.2, -0.15) is 5.10 Å². The lowest BCUT2D eigenvalue weighted by Crippen LogP contribution is -2.13. The van der Waals surface area contributed by atoms with E-state index in [1.165, 1.54) is 11.3 Å². The maximum atomic E-state index is 12.2. The van der Waals surface area contributed by atoms with Gasteiger partial charge in [0.2, 0.25) is 5.91 Å². The lowest BCUT2D eigenvalue weighted by Gasteiger charge is -2.06. The van der Waals surface area contributed by atoms with E-state index in [1.807, 2.05) is 42.6 Å². The summed E-state index contributed by atoms with van der Waals surface area (Å²) in [5, 5.41) is 11.6. The number of H-pyrrole nitrogens is 2. The number of hydrogen-bond donors (Lipinski definition) is 3. The zero-order valence-corrected chi connectivity index (χ0v) is 21.1. The molecule has 6 aromatic heterocycles. The van der Waals surface area contributed by atoms with E-state index >= 15 is 0 Å². The predicted octanol–water partition coefficient (Wildman–Crippen LogP) is 5.84. The molecule has 186 valence electrons. The van der Waals surface area contributed by atoms with Crippen LogP contribution in [0.4, 0.5) is 5.69 Å². The second kappa shape index (κ2) is 8.70. The van der Waals surface area contributed by atoms with Crippen LogP contribution in [-0.2, 0) is 4.79 Å². The molecule has 0 spiro atoms. The number of pyridine rings is 3. The number of rotatable bonds is 6. The monoisotopic (exact) mass is 519 g/mol. The van der Waals surface area contributed by atoms with Crippen molar-refractivity contribution in [3.63, 3.8) is 0 Å². The molecule has 0 unspecified atom stereocenters. The van der Waals surface area contributed by atoms with Crippen LogP contribution in [0.25, 0.3) is 55.0 Å². The highest BCUT2D eigenvalue weighted by molar-refractivity contribution is 7.17. The van der Waals surface area contributed by atoms with E-state index in [1.54, 1.807) is 25.5 Å². The molecule has 0 atom stereocenters. The number of nitrogens with one attached hydrogen (secondary N) is 3. The molecule has 6 aromatic rings. The highest BCUT2D eigenvalue weighted by atomic mass is 32.1. The van der Waals surface area contributed by atoms with Gasteiger partial charge in [-0.3, -0.25) is 24.7 Å². The van der Waals surface area contributed by atoms with Crippen LogP contribution in [0.1, 0.15) is 29.4 Å². The summed E-state index contributed by atoms with van der Waals surface area (Å²) in [7, 11) is 0. The summed E-state index contributed by atoms with van der Waals surface area (Å²) in [5.41, 5.74) is 7.01. The summed E-state index contributed by atoms with van der Waals surface area (Å²) >= 11 is 1.46. The van der Waals surface area contributed by atoms with E-state index in [-0.39, 0.29) is 17.6 Å². The van der Waals surface area contributed by atoms with E-state index < -0.39 is 0 Å². The Morgan fingerprint density at radius 2 is 1.87 bits per heavy atom. The number of thiophene rings is 1. The van der Waals surface area contributed by atoms with Gasteiger partial charge >= 0.3 is 0 Å². The fourth-order valence-electron chi connectivity index (χ4n) is 4.53. The third-order valence-corrected chi connectivity index (χ3v) is 7.90. The van der Waals surface area contributed by atoms with Crippen LogP contribution >= 0.6 is 11.3 Å². The molecule has 9 nitrogen and oxygen atoms in total. The Bertz CT molecular complexity index is 1880. The van der Waals surface area contributed by atoms with Gasteiger partial charge in [-0.05, 0) is 56.2 Å². The Kier molecular flexibility index (Phi) is 5.15. The normalized spacial score (nSPS) is 13.3. The SMILES string of the molecule is CC(=O)c1ccc(-c2cncc3[nH]c(-c4n[nH]c5ccc(-c6cncc(NC(=O)C7CC7)c6)nc45)cc23)s1. The molecule has 1 aliphatic carbocycles. The maximum absolute atomic E-state index is 12.2. The van der Waals surface area contributed by atoms with Crippen LogP contribution in [0.15, 0.2) is 61.2 Å². The zero-order chi connectivity index (χ0) is 25.8. The summed E-state index contributed by atoms with van der Waals surface area (Å²) in [6.45, 7) is 1.57.